The van der Waals surface area contributed by atoms with Crippen LogP contribution in [0.3, 0.4) is 0 Å². The van der Waals surface area contributed by atoms with E-state index in [-0.39, 0.29) is 27.9 Å². The van der Waals surface area contributed by atoms with Gasteiger partial charge in [-0.1, -0.05) is 11.6 Å². The second-order valence-electron chi connectivity index (χ2n) is 9.52. The molecule has 12 heteroatoms. The molecule has 212 valence electrons. The minimum Gasteiger partial charge on any atom is -0.485 e. The van der Waals surface area contributed by atoms with Crippen molar-refractivity contribution in [3.8, 4) is 5.75 Å². The zero-order chi connectivity index (χ0) is 29.8. The Morgan fingerprint density at radius 1 is 1.27 bits per heavy atom. The fourth-order valence-corrected chi connectivity index (χ4v) is 3.62. The molecule has 1 atom stereocenters. The average molecular weight is 575 g/mol. The van der Waals surface area contributed by atoms with Crippen LogP contribution >= 0.6 is 11.6 Å². The summed E-state index contributed by atoms with van der Waals surface area (Å²) in [4.78, 5) is 34.2. The summed E-state index contributed by atoms with van der Waals surface area (Å²) >= 11 is 6.25. The topological polar surface area (TPSA) is 119 Å². The predicted molar refractivity (Wildman–Crippen MR) is 148 cm³/mol. The first-order valence-electron chi connectivity index (χ1n) is 12.1. The van der Waals surface area contributed by atoms with Gasteiger partial charge in [0.1, 0.15) is 34.7 Å². The van der Waals surface area contributed by atoms with Crippen molar-refractivity contribution >= 4 is 23.6 Å². The third kappa shape index (κ3) is 7.17. The molecule has 9 nitrogen and oxygen atoms in total. The number of nitrogens with zero attached hydrogens (tertiary/aromatic N) is 4. The van der Waals surface area contributed by atoms with Gasteiger partial charge in [-0.25, -0.2) is 13.8 Å². The zero-order valence-corrected chi connectivity index (χ0v) is 23.3. The molecule has 2 N–H and O–H groups in total. The number of rotatable bonds is 8. The van der Waals surface area contributed by atoms with Crippen LogP contribution in [0.25, 0.3) is 6.20 Å². The fraction of sp³-hybridized carbons (Fsp3) is 0.286. The number of aliphatic hydroxyl groups is 2. The van der Waals surface area contributed by atoms with E-state index in [9.17, 15) is 28.6 Å². The van der Waals surface area contributed by atoms with Crippen LogP contribution in [-0.4, -0.2) is 36.3 Å². The summed E-state index contributed by atoms with van der Waals surface area (Å²) in [6, 6.07) is 5.19. The van der Waals surface area contributed by atoms with Crippen molar-refractivity contribution in [2.45, 2.75) is 52.9 Å². The van der Waals surface area contributed by atoms with E-state index in [1.165, 1.54) is 59.8 Å². The van der Waals surface area contributed by atoms with Crippen molar-refractivity contribution in [2.24, 2.45) is 4.99 Å². The quantitative estimate of drug-likeness (QED) is 0.308. The molecular weight excluding hydrogens is 546 g/mol. The standard InChI is InChI=1S/C28H29ClF2N4O5/c1-16(18(3)36)13-33-24(35-9-6-7-20(26(35)37)28(4,5)39)8-10-34-17(2)11-23(25(29)27(34)38)40-15-22-21(31)12-19(30)14-32-22/h6-14,18,36,39H,15H2,1-5H3/b10-8+,16-13-,33-24-/t18-/m0/s1. The van der Waals surface area contributed by atoms with E-state index in [4.69, 9.17) is 16.3 Å². The molecular formula is C28H29ClF2N4O5. The number of halogens is 3. The van der Waals surface area contributed by atoms with E-state index in [1.54, 1.807) is 26.8 Å². The Morgan fingerprint density at radius 2 is 1.98 bits per heavy atom. The second-order valence-corrected chi connectivity index (χ2v) is 9.90. The van der Waals surface area contributed by atoms with E-state index in [2.05, 4.69) is 9.98 Å². The molecule has 3 aromatic rings. The van der Waals surface area contributed by atoms with Crippen LogP contribution in [-0.2, 0) is 12.2 Å². The molecule has 0 radical (unpaired) electrons. The van der Waals surface area contributed by atoms with Crippen LogP contribution in [0.2, 0.25) is 5.02 Å². The van der Waals surface area contributed by atoms with Crippen LogP contribution in [0.4, 0.5) is 8.78 Å². The molecule has 0 fully saturated rings. The van der Waals surface area contributed by atoms with Crippen molar-refractivity contribution in [3.63, 3.8) is 0 Å². The van der Waals surface area contributed by atoms with Gasteiger partial charge in [0.25, 0.3) is 11.1 Å². The van der Waals surface area contributed by atoms with E-state index in [0.717, 1.165) is 6.20 Å². The highest BCUT2D eigenvalue weighted by Crippen LogP contribution is 2.23. The maximum atomic E-state index is 13.9. The second kappa shape index (κ2) is 12.5. The summed E-state index contributed by atoms with van der Waals surface area (Å²) in [7, 11) is 0. The van der Waals surface area contributed by atoms with Crippen molar-refractivity contribution in [3.05, 3.63) is 109 Å². The minimum absolute atomic E-state index is 0.0298. The molecule has 0 saturated carbocycles. The monoisotopic (exact) mass is 574 g/mol. The minimum atomic E-state index is -1.43. The van der Waals surface area contributed by atoms with Gasteiger partial charge in [0.2, 0.25) is 0 Å². The lowest BCUT2D eigenvalue weighted by atomic mass is 10.0. The summed E-state index contributed by atoms with van der Waals surface area (Å²) < 4.78 is 34.9. The maximum absolute atomic E-state index is 13.9. The smallest absolute Gasteiger partial charge is 0.277 e. The normalized spacial score (nSPS) is 13.7. The summed E-state index contributed by atoms with van der Waals surface area (Å²) in [5.41, 5.74) is -1.79. The van der Waals surface area contributed by atoms with Crippen molar-refractivity contribution < 1.29 is 23.7 Å². The Bertz CT molecular complexity index is 1620. The lowest BCUT2D eigenvalue weighted by Gasteiger charge is -2.18. The number of allylic oxidation sites excluding steroid dienone is 1. The van der Waals surface area contributed by atoms with Gasteiger partial charge in [-0.15, -0.1) is 0 Å². The molecule has 0 unspecified atom stereocenters. The van der Waals surface area contributed by atoms with Gasteiger partial charge in [0.15, 0.2) is 5.82 Å². The highest BCUT2D eigenvalue weighted by molar-refractivity contribution is 6.31. The molecule has 40 heavy (non-hydrogen) atoms. The van der Waals surface area contributed by atoms with Gasteiger partial charge in [-0.2, -0.15) is 0 Å². The lowest BCUT2D eigenvalue weighted by Crippen LogP contribution is -2.34. The van der Waals surface area contributed by atoms with Gasteiger partial charge in [0.05, 0.1) is 17.9 Å². The number of aromatic nitrogens is 3. The third-order valence-corrected chi connectivity index (χ3v) is 6.22. The Balaban J connectivity index is 2.03. The number of ether oxygens (including phenoxy) is 1. The maximum Gasteiger partial charge on any atom is 0.277 e. The van der Waals surface area contributed by atoms with Crippen LogP contribution in [0.15, 0.2) is 69.1 Å². The van der Waals surface area contributed by atoms with E-state index in [1.807, 2.05) is 0 Å². The number of aryl methyl sites for hydroxylation is 1. The molecule has 0 aromatic carbocycles. The predicted octanol–water partition coefficient (Wildman–Crippen LogP) is 4.15. The van der Waals surface area contributed by atoms with Crippen LogP contribution in [0, 0.1) is 18.6 Å². The molecule has 0 amide bonds. The van der Waals surface area contributed by atoms with E-state index >= 15 is 0 Å². The van der Waals surface area contributed by atoms with Gasteiger partial charge >= 0.3 is 0 Å². The van der Waals surface area contributed by atoms with Gasteiger partial charge in [-0.05, 0) is 58.4 Å². The van der Waals surface area contributed by atoms with E-state index in [0.29, 0.717) is 17.3 Å². The van der Waals surface area contributed by atoms with Gasteiger partial charge < -0.3 is 14.9 Å². The Labute approximate surface area is 234 Å². The van der Waals surface area contributed by atoms with Crippen molar-refractivity contribution in [1.29, 1.82) is 0 Å². The number of aliphatic hydroxyl groups excluding tert-OH is 1. The van der Waals surface area contributed by atoms with Crippen LogP contribution < -0.4 is 15.9 Å². The summed E-state index contributed by atoms with van der Waals surface area (Å²) in [5, 5.41) is 19.9. The number of pyridine rings is 3. The number of hydrogen-bond donors (Lipinski definition) is 2. The van der Waals surface area contributed by atoms with Gasteiger partial charge in [0, 0.05) is 42.0 Å². The molecule has 0 spiro atoms. The fourth-order valence-electron chi connectivity index (χ4n) is 3.42. The number of hydrogen-bond acceptors (Lipinski definition) is 7. The lowest BCUT2D eigenvalue weighted by molar-refractivity contribution is 0.0768. The highest BCUT2D eigenvalue weighted by atomic mass is 35.5. The number of aliphatic imine (C=N–C) groups is 1. The zero-order valence-electron chi connectivity index (χ0n) is 22.5. The van der Waals surface area contributed by atoms with E-state index < -0.39 is 41.1 Å². The molecule has 0 aliphatic heterocycles. The summed E-state index contributed by atoms with van der Waals surface area (Å²) in [6.07, 6.45) is 5.64. The van der Waals surface area contributed by atoms with Crippen molar-refractivity contribution in [1.82, 2.24) is 14.1 Å². The van der Waals surface area contributed by atoms with Crippen LogP contribution in [0.5, 0.6) is 5.75 Å². The van der Waals surface area contributed by atoms with Crippen LogP contribution in [0.1, 0.15) is 44.6 Å². The highest BCUT2D eigenvalue weighted by Gasteiger charge is 2.21. The third-order valence-electron chi connectivity index (χ3n) is 5.88. The Morgan fingerprint density at radius 3 is 2.60 bits per heavy atom. The molecule has 0 aliphatic rings. The molecule has 0 bridgehead atoms. The molecule has 0 saturated heterocycles. The largest absolute Gasteiger partial charge is 0.485 e. The molecule has 3 heterocycles. The average Bonchev–Trinajstić information content (AvgIpc) is 2.87. The molecule has 3 rings (SSSR count). The Kier molecular flexibility index (Phi) is 9.56. The first-order chi connectivity index (χ1) is 18.7. The summed E-state index contributed by atoms with van der Waals surface area (Å²) in [5.74, 6) is -1.69. The SMILES string of the molecule is C/C(=C/N=C(/C=C/n1c(C)cc(OCc2ncc(F)cc2F)c(Cl)c1=O)n1cccc(C(C)(C)O)c1=O)[C@H](C)O. The molecule has 3 aromatic heterocycles. The van der Waals surface area contributed by atoms with Crippen molar-refractivity contribution in [2.75, 3.05) is 0 Å². The first kappa shape index (κ1) is 30.6. The van der Waals surface area contributed by atoms with Gasteiger partial charge in [-0.3, -0.25) is 23.7 Å². The Hall–Kier alpha value is -3.93. The molecule has 0 aliphatic carbocycles. The first-order valence-corrected chi connectivity index (χ1v) is 12.5. The summed E-state index contributed by atoms with van der Waals surface area (Å²) in [6.45, 7) is 7.39.